The van der Waals surface area contributed by atoms with Gasteiger partial charge in [-0.2, -0.15) is 0 Å². The molecule has 2 aromatic carbocycles. The topological polar surface area (TPSA) is 24.1 Å². The number of benzene rings is 2. The first-order valence-electron chi connectivity index (χ1n) is 5.76. The van der Waals surface area contributed by atoms with E-state index in [1.807, 2.05) is 50.2 Å². The van der Waals surface area contributed by atoms with E-state index in [1.54, 1.807) is 0 Å². The highest BCUT2D eigenvalue weighted by molar-refractivity contribution is 8.01. The van der Waals surface area contributed by atoms with Gasteiger partial charge in [-0.05, 0) is 49.2 Å². The highest BCUT2D eigenvalue weighted by Gasteiger charge is 2.01. The number of hydrogen-bond acceptors (Lipinski definition) is 3. The summed E-state index contributed by atoms with van der Waals surface area (Å²) in [5.41, 5.74) is 4.26. The summed E-state index contributed by atoms with van der Waals surface area (Å²) in [5, 5.41) is 1.43. The van der Waals surface area contributed by atoms with Crippen LogP contribution in [0.2, 0.25) is 10.0 Å². The van der Waals surface area contributed by atoms with Crippen molar-refractivity contribution in [1.29, 1.82) is 0 Å². The number of aryl methyl sites for hydroxylation is 2. The van der Waals surface area contributed by atoms with E-state index in [1.165, 1.54) is 12.1 Å². The molecule has 0 saturated heterocycles. The molecule has 0 aliphatic rings. The van der Waals surface area contributed by atoms with Gasteiger partial charge < -0.3 is 9.44 Å². The molecular formula is C14H14Cl2N2S. The van der Waals surface area contributed by atoms with Crippen molar-refractivity contribution in [3.8, 4) is 0 Å². The molecule has 0 radical (unpaired) electrons. The van der Waals surface area contributed by atoms with Crippen molar-refractivity contribution in [2.45, 2.75) is 13.8 Å². The van der Waals surface area contributed by atoms with Gasteiger partial charge in [0.25, 0.3) is 0 Å². The maximum absolute atomic E-state index is 5.97. The number of anilines is 2. The predicted octanol–water partition coefficient (Wildman–Crippen LogP) is 5.70. The van der Waals surface area contributed by atoms with Crippen molar-refractivity contribution in [1.82, 2.24) is 0 Å². The molecular weight excluding hydrogens is 299 g/mol. The van der Waals surface area contributed by atoms with E-state index in [0.29, 0.717) is 10.0 Å². The Labute approximate surface area is 127 Å². The Morgan fingerprint density at radius 2 is 1.21 bits per heavy atom. The molecule has 0 unspecified atom stereocenters. The minimum atomic E-state index is 0.715. The summed E-state index contributed by atoms with van der Waals surface area (Å²) in [4.78, 5) is 0. The monoisotopic (exact) mass is 312 g/mol. The van der Waals surface area contributed by atoms with Gasteiger partial charge in [0, 0.05) is 21.4 Å². The molecule has 100 valence electrons. The van der Waals surface area contributed by atoms with E-state index < -0.39 is 0 Å². The standard InChI is InChI=1S/C14H14Cl2N2S/c1-9-3-5-11(15)7-13(9)17-19-18-14-8-12(16)6-4-10(14)2/h3-8,17-18H,1-2H3. The number of halogens is 2. The molecule has 0 aliphatic carbocycles. The molecule has 2 aromatic rings. The normalized spacial score (nSPS) is 10.3. The second-order valence-electron chi connectivity index (χ2n) is 4.22. The van der Waals surface area contributed by atoms with Crippen LogP contribution in [0.3, 0.4) is 0 Å². The van der Waals surface area contributed by atoms with Crippen LogP contribution in [0, 0.1) is 13.8 Å². The second kappa shape index (κ2) is 6.42. The van der Waals surface area contributed by atoms with E-state index >= 15 is 0 Å². The molecule has 5 heteroatoms. The summed E-state index contributed by atoms with van der Waals surface area (Å²) in [7, 11) is 0. The van der Waals surface area contributed by atoms with Crippen LogP contribution in [0.4, 0.5) is 11.4 Å². The van der Waals surface area contributed by atoms with E-state index in [9.17, 15) is 0 Å². The Balaban J connectivity index is 2.00. The fourth-order valence-electron chi connectivity index (χ4n) is 1.54. The summed E-state index contributed by atoms with van der Waals surface area (Å²) in [6.07, 6.45) is 0. The molecule has 0 bridgehead atoms. The Hall–Kier alpha value is -1.03. The van der Waals surface area contributed by atoms with E-state index in [4.69, 9.17) is 23.2 Å². The Morgan fingerprint density at radius 1 is 0.789 bits per heavy atom. The van der Waals surface area contributed by atoms with Crippen LogP contribution in [0.25, 0.3) is 0 Å². The van der Waals surface area contributed by atoms with Crippen molar-refractivity contribution >= 4 is 46.7 Å². The first kappa shape index (κ1) is 14.4. The molecule has 2 N–H and O–H groups in total. The van der Waals surface area contributed by atoms with Gasteiger partial charge in [-0.1, -0.05) is 35.3 Å². The summed E-state index contributed by atoms with van der Waals surface area (Å²) >= 11 is 13.3. The average molecular weight is 313 g/mol. The van der Waals surface area contributed by atoms with Gasteiger partial charge in [-0.15, -0.1) is 0 Å². The highest BCUT2D eigenvalue weighted by atomic mass is 35.5. The van der Waals surface area contributed by atoms with Gasteiger partial charge >= 0.3 is 0 Å². The zero-order chi connectivity index (χ0) is 13.8. The van der Waals surface area contributed by atoms with Crippen LogP contribution in [-0.4, -0.2) is 0 Å². The lowest BCUT2D eigenvalue weighted by Crippen LogP contribution is -1.97. The van der Waals surface area contributed by atoms with E-state index in [2.05, 4.69) is 9.44 Å². The smallest absolute Gasteiger partial charge is 0.0656 e. The first-order valence-corrected chi connectivity index (χ1v) is 7.33. The molecule has 0 amide bonds. The van der Waals surface area contributed by atoms with Gasteiger partial charge in [-0.3, -0.25) is 0 Å². The van der Waals surface area contributed by atoms with Gasteiger partial charge in [0.05, 0.1) is 12.1 Å². The fourth-order valence-corrected chi connectivity index (χ4v) is 2.60. The second-order valence-corrected chi connectivity index (χ2v) is 5.71. The van der Waals surface area contributed by atoms with Crippen LogP contribution in [0.15, 0.2) is 36.4 Å². The number of rotatable bonds is 4. The minimum absolute atomic E-state index is 0.715. The van der Waals surface area contributed by atoms with Gasteiger partial charge in [0.2, 0.25) is 0 Å². The lowest BCUT2D eigenvalue weighted by atomic mass is 10.2. The molecule has 2 rings (SSSR count). The summed E-state index contributed by atoms with van der Waals surface area (Å²) in [6, 6.07) is 11.5. The van der Waals surface area contributed by atoms with Crippen LogP contribution in [0.5, 0.6) is 0 Å². The molecule has 0 spiro atoms. The highest BCUT2D eigenvalue weighted by Crippen LogP contribution is 2.26. The number of hydrogen-bond donors (Lipinski definition) is 2. The maximum Gasteiger partial charge on any atom is 0.0656 e. The average Bonchev–Trinajstić information content (AvgIpc) is 2.38. The van der Waals surface area contributed by atoms with E-state index in [-0.39, 0.29) is 0 Å². The third kappa shape index (κ3) is 3.96. The zero-order valence-electron chi connectivity index (χ0n) is 10.6. The van der Waals surface area contributed by atoms with Gasteiger partial charge in [-0.25, -0.2) is 0 Å². The molecule has 0 fully saturated rings. The van der Waals surface area contributed by atoms with Crippen LogP contribution >= 0.6 is 35.3 Å². The molecule has 0 aromatic heterocycles. The summed E-state index contributed by atoms with van der Waals surface area (Å²) < 4.78 is 6.45. The maximum atomic E-state index is 5.97. The molecule has 0 saturated carbocycles. The van der Waals surface area contributed by atoms with Gasteiger partial charge in [0.15, 0.2) is 0 Å². The Kier molecular flexibility index (Phi) is 4.86. The quantitative estimate of drug-likeness (QED) is 0.708. The number of nitrogens with one attached hydrogen (secondary N) is 2. The zero-order valence-corrected chi connectivity index (χ0v) is 13.0. The van der Waals surface area contributed by atoms with Crippen LogP contribution < -0.4 is 9.44 Å². The Bertz CT molecular complexity index is 536. The minimum Gasteiger partial charge on any atom is -0.312 e. The third-order valence-corrected chi connectivity index (χ3v) is 3.84. The van der Waals surface area contributed by atoms with Crippen molar-refractivity contribution < 1.29 is 0 Å². The van der Waals surface area contributed by atoms with Crippen molar-refractivity contribution in [2.24, 2.45) is 0 Å². The van der Waals surface area contributed by atoms with E-state index in [0.717, 1.165) is 22.5 Å². The molecule has 0 aliphatic heterocycles. The third-order valence-electron chi connectivity index (χ3n) is 2.72. The molecule has 0 atom stereocenters. The fraction of sp³-hybridized carbons (Fsp3) is 0.143. The Morgan fingerprint density at radius 3 is 1.63 bits per heavy atom. The SMILES string of the molecule is Cc1ccc(Cl)cc1NSNc1cc(Cl)ccc1C. The summed E-state index contributed by atoms with van der Waals surface area (Å²) in [5.74, 6) is 0. The van der Waals surface area contributed by atoms with Gasteiger partial charge in [0.1, 0.15) is 0 Å². The predicted molar refractivity (Wildman–Crippen MR) is 87.2 cm³/mol. The largest absolute Gasteiger partial charge is 0.312 e. The van der Waals surface area contributed by atoms with Crippen molar-refractivity contribution in [3.63, 3.8) is 0 Å². The lowest BCUT2D eigenvalue weighted by Gasteiger charge is -2.12. The van der Waals surface area contributed by atoms with Crippen LogP contribution in [-0.2, 0) is 0 Å². The lowest BCUT2D eigenvalue weighted by molar-refractivity contribution is 1.46. The molecule has 19 heavy (non-hydrogen) atoms. The van der Waals surface area contributed by atoms with Crippen LogP contribution in [0.1, 0.15) is 11.1 Å². The van der Waals surface area contributed by atoms with Crippen molar-refractivity contribution in [3.05, 3.63) is 57.6 Å². The molecule has 2 nitrogen and oxygen atoms in total. The molecule has 0 heterocycles. The first-order chi connectivity index (χ1) is 9.06. The van der Waals surface area contributed by atoms with Crippen molar-refractivity contribution in [2.75, 3.05) is 9.44 Å². The summed E-state index contributed by atoms with van der Waals surface area (Å²) in [6.45, 7) is 4.06.